The van der Waals surface area contributed by atoms with Gasteiger partial charge in [0.05, 0.1) is 0 Å². The Morgan fingerprint density at radius 2 is 1.14 bits per heavy atom. The standard InChI is InChI=1S/C30H49NO5S/c1-2-31(26-20-18-17-19-25(26)27(37)23-24-30(35)36)28(32)21-15-13-11-9-7-5-3-4-6-8-10-12-14-16-22-29(33)34/h17-20,27,37H,2-16,21-24H2,1H3,(H,33,34)(H,35,36). The van der Waals surface area contributed by atoms with Crippen molar-refractivity contribution >= 4 is 36.2 Å². The lowest BCUT2D eigenvalue weighted by Gasteiger charge is -2.26. The number of hydrogen-bond acceptors (Lipinski definition) is 4. The molecule has 0 fully saturated rings. The Kier molecular flexibility index (Phi) is 18.7. The number of hydrogen-bond donors (Lipinski definition) is 3. The number of benzene rings is 1. The number of carboxylic acids is 2. The van der Waals surface area contributed by atoms with E-state index in [0.29, 0.717) is 25.8 Å². The third kappa shape index (κ3) is 15.7. The Balaban J connectivity index is 2.16. The molecule has 1 aromatic carbocycles. The lowest BCUT2D eigenvalue weighted by Crippen LogP contribution is -2.31. The van der Waals surface area contributed by atoms with Crippen LogP contribution in [0.3, 0.4) is 0 Å². The minimum atomic E-state index is -0.835. The Bertz CT molecular complexity index is 785. The summed E-state index contributed by atoms with van der Waals surface area (Å²) in [6, 6.07) is 7.70. The highest BCUT2D eigenvalue weighted by molar-refractivity contribution is 7.80. The topological polar surface area (TPSA) is 94.9 Å². The maximum Gasteiger partial charge on any atom is 0.303 e. The number of carboxylic acid groups (broad SMARTS) is 2. The van der Waals surface area contributed by atoms with Crippen LogP contribution in [0.2, 0.25) is 0 Å². The van der Waals surface area contributed by atoms with Gasteiger partial charge in [0, 0.05) is 36.7 Å². The molecule has 0 bridgehead atoms. The lowest BCUT2D eigenvalue weighted by molar-refractivity contribution is -0.138. The van der Waals surface area contributed by atoms with Gasteiger partial charge < -0.3 is 15.1 Å². The molecule has 2 N–H and O–H groups in total. The van der Waals surface area contributed by atoms with Gasteiger partial charge in [-0.25, -0.2) is 0 Å². The molecule has 0 aliphatic carbocycles. The molecule has 0 saturated carbocycles. The van der Waals surface area contributed by atoms with Crippen LogP contribution in [-0.2, 0) is 14.4 Å². The average Bonchev–Trinajstić information content (AvgIpc) is 2.87. The van der Waals surface area contributed by atoms with E-state index in [1.54, 1.807) is 0 Å². The van der Waals surface area contributed by atoms with Gasteiger partial charge >= 0.3 is 11.9 Å². The Labute approximate surface area is 229 Å². The smallest absolute Gasteiger partial charge is 0.303 e. The molecular weight excluding hydrogens is 486 g/mol. The first kappa shape index (κ1) is 33.0. The molecule has 1 atom stereocenters. The zero-order valence-electron chi connectivity index (χ0n) is 22.8. The number of para-hydroxylation sites is 1. The van der Waals surface area contributed by atoms with Gasteiger partial charge in [0.25, 0.3) is 0 Å². The molecule has 0 radical (unpaired) electrons. The van der Waals surface area contributed by atoms with Gasteiger partial charge in [-0.3, -0.25) is 14.4 Å². The molecule has 1 amide bonds. The van der Waals surface area contributed by atoms with Gasteiger partial charge in [-0.1, -0.05) is 95.2 Å². The molecule has 210 valence electrons. The van der Waals surface area contributed by atoms with E-state index in [-0.39, 0.29) is 17.6 Å². The van der Waals surface area contributed by atoms with Crippen molar-refractivity contribution < 1.29 is 24.6 Å². The van der Waals surface area contributed by atoms with E-state index in [9.17, 15) is 14.4 Å². The van der Waals surface area contributed by atoms with Crippen LogP contribution < -0.4 is 4.90 Å². The van der Waals surface area contributed by atoms with Gasteiger partial charge in [0.1, 0.15) is 0 Å². The van der Waals surface area contributed by atoms with Crippen LogP contribution in [0.5, 0.6) is 0 Å². The van der Waals surface area contributed by atoms with Crippen LogP contribution >= 0.6 is 12.6 Å². The van der Waals surface area contributed by atoms with E-state index >= 15 is 0 Å². The summed E-state index contributed by atoms with van der Waals surface area (Å²) in [5, 5.41) is 17.4. The Hall–Kier alpha value is -2.02. The third-order valence-electron chi connectivity index (χ3n) is 6.87. The number of rotatable bonds is 23. The predicted octanol–water partition coefficient (Wildman–Crippen LogP) is 8.20. The van der Waals surface area contributed by atoms with Crippen molar-refractivity contribution in [2.45, 2.75) is 128 Å². The molecule has 37 heavy (non-hydrogen) atoms. The fraction of sp³-hybridized carbons (Fsp3) is 0.700. The highest BCUT2D eigenvalue weighted by Crippen LogP contribution is 2.33. The summed E-state index contributed by atoms with van der Waals surface area (Å²) in [4.78, 5) is 36.2. The van der Waals surface area contributed by atoms with Crippen molar-refractivity contribution in [3.05, 3.63) is 29.8 Å². The Morgan fingerprint density at radius 1 is 0.703 bits per heavy atom. The van der Waals surface area contributed by atoms with E-state index in [1.807, 2.05) is 36.1 Å². The summed E-state index contributed by atoms with van der Waals surface area (Å²) in [6.45, 7) is 2.56. The molecule has 0 spiro atoms. The van der Waals surface area contributed by atoms with Crippen molar-refractivity contribution in [3.8, 4) is 0 Å². The summed E-state index contributed by atoms with van der Waals surface area (Å²) in [5.74, 6) is -1.40. The molecule has 0 saturated heterocycles. The molecule has 6 nitrogen and oxygen atoms in total. The number of anilines is 1. The van der Waals surface area contributed by atoms with Gasteiger partial charge in [-0.05, 0) is 37.8 Å². The highest BCUT2D eigenvalue weighted by Gasteiger charge is 2.20. The third-order valence-corrected chi connectivity index (χ3v) is 7.40. The van der Waals surface area contributed by atoms with Gasteiger partial charge in [-0.2, -0.15) is 12.6 Å². The second kappa shape index (κ2) is 21.0. The van der Waals surface area contributed by atoms with Crippen LogP contribution in [0.4, 0.5) is 5.69 Å². The van der Waals surface area contributed by atoms with Gasteiger partial charge in [0.15, 0.2) is 0 Å². The maximum atomic E-state index is 13.0. The first-order valence-electron chi connectivity index (χ1n) is 14.4. The second-order valence-electron chi connectivity index (χ2n) is 9.99. The zero-order chi connectivity index (χ0) is 27.3. The van der Waals surface area contributed by atoms with Crippen LogP contribution in [0, 0.1) is 0 Å². The summed E-state index contributed by atoms with van der Waals surface area (Å²) in [7, 11) is 0. The summed E-state index contributed by atoms with van der Waals surface area (Å²) in [5.41, 5.74) is 1.76. The van der Waals surface area contributed by atoms with Crippen LogP contribution in [-0.4, -0.2) is 34.6 Å². The minimum Gasteiger partial charge on any atom is -0.481 e. The van der Waals surface area contributed by atoms with Crippen LogP contribution in [0.15, 0.2) is 24.3 Å². The van der Waals surface area contributed by atoms with Crippen molar-refractivity contribution in [2.75, 3.05) is 11.4 Å². The molecule has 0 aliphatic rings. The number of nitrogens with zero attached hydrogens (tertiary/aromatic N) is 1. The SMILES string of the molecule is CCN(C(=O)CCCCCCCCCCCCCCCCC(=O)O)c1ccccc1C(S)CCC(=O)O. The van der Waals surface area contributed by atoms with Crippen molar-refractivity contribution in [3.63, 3.8) is 0 Å². The van der Waals surface area contributed by atoms with Crippen LogP contribution in [0.1, 0.15) is 133 Å². The number of amides is 1. The first-order chi connectivity index (χ1) is 17.9. The van der Waals surface area contributed by atoms with E-state index in [0.717, 1.165) is 43.4 Å². The highest BCUT2D eigenvalue weighted by atomic mass is 32.1. The van der Waals surface area contributed by atoms with E-state index in [2.05, 4.69) is 12.6 Å². The second-order valence-corrected chi connectivity index (χ2v) is 10.6. The maximum absolute atomic E-state index is 13.0. The molecule has 1 aromatic rings. The largest absolute Gasteiger partial charge is 0.481 e. The molecule has 0 heterocycles. The fourth-order valence-corrected chi connectivity index (χ4v) is 5.07. The average molecular weight is 536 g/mol. The van der Waals surface area contributed by atoms with Crippen molar-refractivity contribution in [2.24, 2.45) is 0 Å². The van der Waals surface area contributed by atoms with E-state index in [1.165, 1.54) is 57.8 Å². The molecular formula is C30H49NO5S. The van der Waals surface area contributed by atoms with E-state index < -0.39 is 11.9 Å². The molecule has 1 rings (SSSR count). The van der Waals surface area contributed by atoms with Gasteiger partial charge in [0.2, 0.25) is 5.91 Å². The first-order valence-corrected chi connectivity index (χ1v) is 14.9. The minimum absolute atomic E-state index is 0.0557. The normalized spacial score (nSPS) is 11.8. The van der Waals surface area contributed by atoms with Crippen molar-refractivity contribution in [1.82, 2.24) is 0 Å². The molecule has 7 heteroatoms. The molecule has 0 aliphatic heterocycles. The Morgan fingerprint density at radius 3 is 1.59 bits per heavy atom. The fourth-order valence-electron chi connectivity index (χ4n) is 4.72. The van der Waals surface area contributed by atoms with Crippen LogP contribution in [0.25, 0.3) is 0 Å². The number of carbonyl (C=O) groups excluding carboxylic acids is 1. The van der Waals surface area contributed by atoms with E-state index in [4.69, 9.17) is 10.2 Å². The monoisotopic (exact) mass is 535 g/mol. The summed E-state index contributed by atoms with van der Waals surface area (Å²) >= 11 is 4.62. The zero-order valence-corrected chi connectivity index (χ0v) is 23.7. The van der Waals surface area contributed by atoms with Crippen molar-refractivity contribution in [1.29, 1.82) is 0 Å². The number of thiol groups is 1. The number of aliphatic carboxylic acids is 2. The number of carbonyl (C=O) groups is 3. The lowest BCUT2D eigenvalue weighted by atomic mass is 10.0. The summed E-state index contributed by atoms with van der Waals surface area (Å²) < 4.78 is 0. The summed E-state index contributed by atoms with van der Waals surface area (Å²) in [6.07, 6.45) is 17.6. The molecule has 0 aromatic heterocycles. The quantitative estimate of drug-likeness (QED) is 0.0969. The predicted molar refractivity (Wildman–Crippen MR) is 155 cm³/mol. The number of unbranched alkanes of at least 4 members (excludes halogenated alkanes) is 13. The van der Waals surface area contributed by atoms with Gasteiger partial charge in [-0.15, -0.1) is 0 Å². The molecule has 1 unspecified atom stereocenters.